The Balaban J connectivity index is 1.91. The van der Waals surface area contributed by atoms with Crippen LogP contribution in [0.5, 0.6) is 0 Å². The SMILES string of the molecule is CCCNC(c1ccoc1)C1(c2ccccc2)CC1. The van der Waals surface area contributed by atoms with Crippen molar-refractivity contribution < 1.29 is 4.42 Å². The normalized spacial score (nSPS) is 18.2. The van der Waals surface area contributed by atoms with Gasteiger partial charge in [0, 0.05) is 17.0 Å². The molecule has 2 heteroatoms. The number of hydrogen-bond donors (Lipinski definition) is 1. The Bertz CT molecular complexity index is 499. The third-order valence-electron chi connectivity index (χ3n) is 4.16. The molecule has 1 aliphatic rings. The summed E-state index contributed by atoms with van der Waals surface area (Å²) in [6.07, 6.45) is 7.32. The maximum Gasteiger partial charge on any atom is 0.0950 e. The molecule has 1 aromatic carbocycles. The summed E-state index contributed by atoms with van der Waals surface area (Å²) in [6.45, 7) is 3.26. The lowest BCUT2D eigenvalue weighted by Gasteiger charge is -2.28. The van der Waals surface area contributed by atoms with Crippen LogP contribution < -0.4 is 5.32 Å². The molecule has 0 radical (unpaired) electrons. The van der Waals surface area contributed by atoms with E-state index in [1.165, 1.54) is 24.0 Å². The van der Waals surface area contributed by atoms with E-state index < -0.39 is 0 Å². The number of hydrogen-bond acceptors (Lipinski definition) is 2. The summed E-state index contributed by atoms with van der Waals surface area (Å²) in [5.74, 6) is 0. The highest BCUT2D eigenvalue weighted by Crippen LogP contribution is 2.56. The van der Waals surface area contributed by atoms with Crippen LogP contribution in [0.3, 0.4) is 0 Å². The fourth-order valence-corrected chi connectivity index (χ4v) is 3.01. The molecule has 3 rings (SSSR count). The van der Waals surface area contributed by atoms with Crippen LogP contribution in [0.25, 0.3) is 0 Å². The molecule has 1 aliphatic carbocycles. The summed E-state index contributed by atoms with van der Waals surface area (Å²) in [5, 5.41) is 3.71. The van der Waals surface area contributed by atoms with Crippen molar-refractivity contribution in [2.75, 3.05) is 6.54 Å². The average molecular weight is 255 g/mol. The molecule has 0 amide bonds. The van der Waals surface area contributed by atoms with E-state index in [9.17, 15) is 0 Å². The lowest BCUT2D eigenvalue weighted by atomic mass is 9.84. The van der Waals surface area contributed by atoms with Crippen LogP contribution in [0.15, 0.2) is 53.3 Å². The van der Waals surface area contributed by atoms with Gasteiger partial charge in [-0.15, -0.1) is 0 Å². The second kappa shape index (κ2) is 5.22. The van der Waals surface area contributed by atoms with Crippen molar-refractivity contribution in [2.24, 2.45) is 0 Å². The molecule has 2 nitrogen and oxygen atoms in total. The number of benzene rings is 1. The van der Waals surface area contributed by atoms with Gasteiger partial charge in [-0.05, 0) is 37.4 Å². The van der Waals surface area contributed by atoms with Gasteiger partial charge < -0.3 is 9.73 Å². The van der Waals surface area contributed by atoms with Gasteiger partial charge in [-0.1, -0.05) is 37.3 Å². The molecule has 0 bridgehead atoms. The van der Waals surface area contributed by atoms with Gasteiger partial charge in [0.25, 0.3) is 0 Å². The molecular weight excluding hydrogens is 234 g/mol. The van der Waals surface area contributed by atoms with E-state index in [4.69, 9.17) is 4.42 Å². The van der Waals surface area contributed by atoms with E-state index in [1.807, 2.05) is 6.26 Å². The molecule has 100 valence electrons. The van der Waals surface area contributed by atoms with Crippen molar-refractivity contribution in [1.29, 1.82) is 0 Å². The van der Waals surface area contributed by atoms with Crippen LogP contribution in [0.4, 0.5) is 0 Å². The minimum Gasteiger partial charge on any atom is -0.472 e. The zero-order chi connectivity index (χ0) is 13.1. The van der Waals surface area contributed by atoms with Gasteiger partial charge in [0.1, 0.15) is 0 Å². The Kier molecular flexibility index (Phi) is 3.43. The Morgan fingerprint density at radius 1 is 1.21 bits per heavy atom. The third kappa shape index (κ3) is 2.33. The van der Waals surface area contributed by atoms with Gasteiger partial charge >= 0.3 is 0 Å². The smallest absolute Gasteiger partial charge is 0.0950 e. The van der Waals surface area contributed by atoms with Gasteiger partial charge in [0.15, 0.2) is 0 Å². The van der Waals surface area contributed by atoms with Crippen molar-refractivity contribution >= 4 is 0 Å². The molecule has 0 spiro atoms. The molecule has 1 fully saturated rings. The van der Waals surface area contributed by atoms with Crippen LogP contribution in [0, 0.1) is 0 Å². The number of rotatable bonds is 6. The van der Waals surface area contributed by atoms with Crippen LogP contribution >= 0.6 is 0 Å². The molecule has 1 N–H and O–H groups in total. The average Bonchev–Trinajstić information content (AvgIpc) is 3.08. The second-order valence-electron chi connectivity index (χ2n) is 5.47. The van der Waals surface area contributed by atoms with Gasteiger partial charge in [0.05, 0.1) is 12.5 Å². The number of furan rings is 1. The number of nitrogens with one attached hydrogen (secondary N) is 1. The first-order chi connectivity index (χ1) is 9.37. The first-order valence-corrected chi connectivity index (χ1v) is 7.18. The quantitative estimate of drug-likeness (QED) is 0.842. The fraction of sp³-hybridized carbons (Fsp3) is 0.412. The fourth-order valence-electron chi connectivity index (χ4n) is 3.01. The lowest BCUT2D eigenvalue weighted by Crippen LogP contribution is -2.32. The largest absolute Gasteiger partial charge is 0.472 e. The third-order valence-corrected chi connectivity index (χ3v) is 4.16. The minimum atomic E-state index is 0.264. The van der Waals surface area contributed by atoms with E-state index >= 15 is 0 Å². The molecule has 19 heavy (non-hydrogen) atoms. The topological polar surface area (TPSA) is 25.2 Å². The van der Waals surface area contributed by atoms with Crippen LogP contribution in [-0.2, 0) is 5.41 Å². The molecule has 1 aromatic heterocycles. The maximum atomic E-state index is 5.29. The highest BCUT2D eigenvalue weighted by atomic mass is 16.3. The van der Waals surface area contributed by atoms with Gasteiger partial charge in [-0.2, -0.15) is 0 Å². The summed E-state index contributed by atoms with van der Waals surface area (Å²) in [5.41, 5.74) is 2.99. The van der Waals surface area contributed by atoms with Crippen molar-refractivity contribution in [2.45, 2.75) is 37.6 Å². The molecular formula is C17H21NO. The van der Waals surface area contributed by atoms with Crippen molar-refractivity contribution in [1.82, 2.24) is 5.32 Å². The Morgan fingerprint density at radius 2 is 2.00 bits per heavy atom. The van der Waals surface area contributed by atoms with E-state index in [-0.39, 0.29) is 5.41 Å². The molecule has 1 heterocycles. The Labute approximate surface area is 114 Å². The van der Waals surface area contributed by atoms with Gasteiger partial charge in [0.2, 0.25) is 0 Å². The van der Waals surface area contributed by atoms with Crippen LogP contribution in [-0.4, -0.2) is 6.54 Å². The minimum absolute atomic E-state index is 0.264. The molecule has 1 saturated carbocycles. The summed E-state index contributed by atoms with van der Waals surface area (Å²) < 4.78 is 5.29. The standard InChI is InChI=1S/C17H21NO/c1-2-11-18-16(14-8-12-19-13-14)17(9-10-17)15-6-4-3-5-7-15/h3-8,12-13,16,18H,2,9-11H2,1H3. The van der Waals surface area contributed by atoms with E-state index in [0.29, 0.717) is 6.04 Å². The molecule has 1 atom stereocenters. The maximum absolute atomic E-state index is 5.29. The highest BCUT2D eigenvalue weighted by Gasteiger charge is 2.51. The summed E-state index contributed by atoms with van der Waals surface area (Å²) in [6, 6.07) is 13.3. The van der Waals surface area contributed by atoms with Crippen LogP contribution in [0.2, 0.25) is 0 Å². The van der Waals surface area contributed by atoms with Crippen molar-refractivity contribution in [3.05, 3.63) is 60.1 Å². The second-order valence-corrected chi connectivity index (χ2v) is 5.47. The summed E-state index contributed by atoms with van der Waals surface area (Å²) in [4.78, 5) is 0. The van der Waals surface area contributed by atoms with Gasteiger partial charge in [-0.25, -0.2) is 0 Å². The van der Waals surface area contributed by atoms with E-state index in [1.54, 1.807) is 6.26 Å². The predicted molar refractivity (Wildman–Crippen MR) is 77.1 cm³/mol. The summed E-state index contributed by atoms with van der Waals surface area (Å²) in [7, 11) is 0. The highest BCUT2D eigenvalue weighted by molar-refractivity contribution is 5.37. The van der Waals surface area contributed by atoms with Gasteiger partial charge in [-0.3, -0.25) is 0 Å². The first kappa shape index (κ1) is 12.5. The van der Waals surface area contributed by atoms with Crippen molar-refractivity contribution in [3.8, 4) is 0 Å². The molecule has 0 saturated heterocycles. The van der Waals surface area contributed by atoms with Crippen molar-refractivity contribution in [3.63, 3.8) is 0 Å². The molecule has 2 aromatic rings. The summed E-state index contributed by atoms with van der Waals surface area (Å²) >= 11 is 0. The zero-order valence-corrected chi connectivity index (χ0v) is 11.4. The Morgan fingerprint density at radius 3 is 2.58 bits per heavy atom. The molecule has 0 aliphatic heterocycles. The van der Waals surface area contributed by atoms with E-state index in [2.05, 4.69) is 48.6 Å². The predicted octanol–water partition coefficient (Wildman–Crippen LogP) is 4.05. The van der Waals surface area contributed by atoms with E-state index in [0.717, 1.165) is 13.0 Å². The lowest BCUT2D eigenvalue weighted by molar-refractivity contribution is 0.424. The first-order valence-electron chi connectivity index (χ1n) is 7.18. The van der Waals surface area contributed by atoms with Crippen LogP contribution in [0.1, 0.15) is 43.4 Å². The Hall–Kier alpha value is -1.54. The molecule has 1 unspecified atom stereocenters. The monoisotopic (exact) mass is 255 g/mol. The zero-order valence-electron chi connectivity index (χ0n) is 11.4.